The Balaban J connectivity index is 1.77. The van der Waals surface area contributed by atoms with Gasteiger partial charge >= 0.3 is 0 Å². The van der Waals surface area contributed by atoms with E-state index in [1.165, 1.54) is 12.1 Å². The van der Waals surface area contributed by atoms with Crippen LogP contribution in [0.5, 0.6) is 0 Å². The smallest absolute Gasteiger partial charge is 0.251 e. The maximum absolute atomic E-state index is 14.1. The van der Waals surface area contributed by atoms with Crippen LogP contribution in [-0.2, 0) is 15.1 Å². The number of nitrogens with one attached hydrogen (secondary N) is 1. The van der Waals surface area contributed by atoms with Crippen LogP contribution in [0, 0.1) is 11.6 Å². The molecule has 1 aliphatic heterocycles. The van der Waals surface area contributed by atoms with Gasteiger partial charge in [-0.15, -0.1) is 0 Å². The molecule has 1 N–H and O–H groups in total. The summed E-state index contributed by atoms with van der Waals surface area (Å²) in [6, 6.07) is 3.53. The molecular formula is C16H20F2N2O2. The van der Waals surface area contributed by atoms with E-state index in [4.69, 9.17) is 4.74 Å². The minimum atomic E-state index is -0.728. The molecule has 0 bridgehead atoms. The van der Waals surface area contributed by atoms with Crippen LogP contribution in [0.4, 0.5) is 8.78 Å². The van der Waals surface area contributed by atoms with Crippen LogP contribution in [0.1, 0.15) is 24.8 Å². The minimum Gasteiger partial charge on any atom is -0.366 e. The molecule has 0 aromatic heterocycles. The normalized spacial score (nSPS) is 24.6. The van der Waals surface area contributed by atoms with Gasteiger partial charge in [0.2, 0.25) is 0 Å². The molecule has 1 saturated heterocycles. The lowest BCUT2D eigenvalue weighted by Gasteiger charge is -2.44. The molecule has 1 aromatic rings. The van der Waals surface area contributed by atoms with Crippen molar-refractivity contribution in [2.45, 2.75) is 30.9 Å². The molecule has 4 nitrogen and oxygen atoms in total. The van der Waals surface area contributed by atoms with Gasteiger partial charge in [0.25, 0.3) is 5.91 Å². The first-order chi connectivity index (χ1) is 10.5. The highest BCUT2D eigenvalue weighted by Gasteiger charge is 2.43. The largest absolute Gasteiger partial charge is 0.366 e. The summed E-state index contributed by atoms with van der Waals surface area (Å²) >= 11 is 0. The van der Waals surface area contributed by atoms with Crippen molar-refractivity contribution in [1.29, 1.82) is 0 Å². The zero-order chi connectivity index (χ0) is 15.7. The SMILES string of the molecule is CN1CCOC(C(=O)NC2(c3ccc(F)cc3F)CCC2)C1. The van der Waals surface area contributed by atoms with Gasteiger partial charge in [-0.25, -0.2) is 8.78 Å². The second-order valence-corrected chi connectivity index (χ2v) is 6.17. The lowest BCUT2D eigenvalue weighted by Crippen LogP contribution is -2.57. The van der Waals surface area contributed by atoms with Gasteiger partial charge in [-0.3, -0.25) is 4.79 Å². The number of nitrogens with zero attached hydrogens (tertiary/aromatic N) is 1. The van der Waals surface area contributed by atoms with Crippen LogP contribution in [0.2, 0.25) is 0 Å². The first-order valence-corrected chi connectivity index (χ1v) is 7.58. The Morgan fingerprint density at radius 2 is 2.18 bits per heavy atom. The third kappa shape index (κ3) is 2.85. The molecule has 2 aliphatic rings. The van der Waals surface area contributed by atoms with Crippen LogP contribution >= 0.6 is 0 Å². The van der Waals surface area contributed by atoms with E-state index in [0.717, 1.165) is 19.0 Å². The Labute approximate surface area is 128 Å². The molecule has 6 heteroatoms. The quantitative estimate of drug-likeness (QED) is 0.925. The summed E-state index contributed by atoms with van der Waals surface area (Å²) in [6.07, 6.45) is 1.68. The van der Waals surface area contributed by atoms with Crippen molar-refractivity contribution in [3.63, 3.8) is 0 Å². The number of carbonyl (C=O) groups excluding carboxylic acids is 1. The number of halogens is 2. The molecule has 1 amide bonds. The maximum Gasteiger partial charge on any atom is 0.251 e. The van der Waals surface area contributed by atoms with Crippen LogP contribution in [0.25, 0.3) is 0 Å². The number of likely N-dealkylation sites (N-methyl/N-ethyl adjacent to an activating group) is 1. The van der Waals surface area contributed by atoms with Gasteiger partial charge in [-0.1, -0.05) is 6.07 Å². The molecule has 0 radical (unpaired) electrons. The van der Waals surface area contributed by atoms with E-state index in [1.807, 2.05) is 11.9 Å². The summed E-state index contributed by atoms with van der Waals surface area (Å²) in [7, 11) is 1.93. The number of hydrogen-bond acceptors (Lipinski definition) is 3. The fourth-order valence-corrected chi connectivity index (χ4v) is 3.12. The first-order valence-electron chi connectivity index (χ1n) is 7.58. The molecule has 1 aromatic carbocycles. The standard InChI is InChI=1S/C16H20F2N2O2/c1-20-7-8-22-14(10-20)15(21)19-16(5-2-6-16)12-4-3-11(17)9-13(12)18/h3-4,9,14H,2,5-8,10H2,1H3,(H,19,21). The molecule has 1 atom stereocenters. The Kier molecular flexibility index (Phi) is 4.14. The fourth-order valence-electron chi connectivity index (χ4n) is 3.12. The maximum atomic E-state index is 14.1. The monoisotopic (exact) mass is 310 g/mol. The van der Waals surface area contributed by atoms with Gasteiger partial charge in [-0.05, 0) is 32.4 Å². The lowest BCUT2D eigenvalue weighted by molar-refractivity contribution is -0.141. The lowest BCUT2D eigenvalue weighted by atomic mass is 9.71. The summed E-state index contributed by atoms with van der Waals surface area (Å²) in [4.78, 5) is 14.5. The zero-order valence-electron chi connectivity index (χ0n) is 12.6. The van der Waals surface area contributed by atoms with E-state index in [1.54, 1.807) is 0 Å². The number of amides is 1. The fraction of sp³-hybridized carbons (Fsp3) is 0.562. The molecular weight excluding hydrogens is 290 g/mol. The van der Waals surface area contributed by atoms with Crippen LogP contribution in [0.15, 0.2) is 18.2 Å². The number of ether oxygens (including phenoxy) is 1. The van der Waals surface area contributed by atoms with Gasteiger partial charge in [0, 0.05) is 24.7 Å². The highest BCUT2D eigenvalue weighted by molar-refractivity contribution is 5.82. The Morgan fingerprint density at radius 1 is 1.41 bits per heavy atom. The van der Waals surface area contributed by atoms with Gasteiger partial charge in [0.05, 0.1) is 12.1 Å². The minimum absolute atomic E-state index is 0.227. The van der Waals surface area contributed by atoms with E-state index in [9.17, 15) is 13.6 Å². The van der Waals surface area contributed by atoms with Gasteiger partial charge in [0.15, 0.2) is 0 Å². The van der Waals surface area contributed by atoms with Crippen LogP contribution in [-0.4, -0.2) is 43.7 Å². The van der Waals surface area contributed by atoms with Crippen molar-refractivity contribution in [2.24, 2.45) is 0 Å². The van der Waals surface area contributed by atoms with E-state index >= 15 is 0 Å². The van der Waals surface area contributed by atoms with Gasteiger partial charge in [0.1, 0.15) is 17.7 Å². The molecule has 3 rings (SSSR count). The number of benzene rings is 1. The Hall–Kier alpha value is -1.53. The highest BCUT2D eigenvalue weighted by atomic mass is 19.1. The summed E-state index contributed by atoms with van der Waals surface area (Å²) in [6.45, 7) is 1.82. The number of hydrogen-bond donors (Lipinski definition) is 1. The van der Waals surface area contributed by atoms with E-state index in [2.05, 4.69) is 5.32 Å². The topological polar surface area (TPSA) is 41.6 Å². The van der Waals surface area contributed by atoms with Crippen molar-refractivity contribution in [1.82, 2.24) is 10.2 Å². The van der Waals surface area contributed by atoms with E-state index in [-0.39, 0.29) is 5.91 Å². The number of rotatable bonds is 3. The molecule has 120 valence electrons. The predicted octanol–water partition coefficient (Wildman–Crippen LogP) is 1.79. The number of morpholine rings is 1. The van der Waals surface area contributed by atoms with Crippen molar-refractivity contribution in [2.75, 3.05) is 26.7 Å². The molecule has 1 heterocycles. The molecule has 1 aliphatic carbocycles. The average molecular weight is 310 g/mol. The summed E-state index contributed by atoms with van der Waals surface area (Å²) in [5.74, 6) is -1.45. The molecule has 1 unspecified atom stereocenters. The van der Waals surface area contributed by atoms with Crippen molar-refractivity contribution < 1.29 is 18.3 Å². The third-order valence-corrected chi connectivity index (χ3v) is 4.58. The average Bonchev–Trinajstić information content (AvgIpc) is 2.43. The van der Waals surface area contributed by atoms with Gasteiger partial charge < -0.3 is 15.0 Å². The summed E-state index contributed by atoms with van der Waals surface area (Å²) in [5, 5.41) is 2.94. The second kappa shape index (κ2) is 5.93. The Bertz CT molecular complexity index is 575. The third-order valence-electron chi connectivity index (χ3n) is 4.58. The first kappa shape index (κ1) is 15.4. The number of carbonyl (C=O) groups is 1. The molecule has 0 spiro atoms. The molecule has 22 heavy (non-hydrogen) atoms. The molecule has 1 saturated carbocycles. The molecule has 2 fully saturated rings. The second-order valence-electron chi connectivity index (χ2n) is 6.17. The van der Waals surface area contributed by atoms with Gasteiger partial charge in [-0.2, -0.15) is 0 Å². The van der Waals surface area contributed by atoms with Crippen molar-refractivity contribution in [3.8, 4) is 0 Å². The van der Waals surface area contributed by atoms with Crippen LogP contribution in [0.3, 0.4) is 0 Å². The van der Waals surface area contributed by atoms with Crippen molar-refractivity contribution in [3.05, 3.63) is 35.4 Å². The Morgan fingerprint density at radius 3 is 2.77 bits per heavy atom. The van der Waals surface area contributed by atoms with Crippen LogP contribution < -0.4 is 5.32 Å². The van der Waals surface area contributed by atoms with Crippen molar-refractivity contribution >= 4 is 5.91 Å². The predicted molar refractivity (Wildman–Crippen MR) is 77.3 cm³/mol. The van der Waals surface area contributed by atoms with E-state index < -0.39 is 23.3 Å². The summed E-state index contributed by atoms with van der Waals surface area (Å²) in [5.41, 5.74) is -0.369. The van der Waals surface area contributed by atoms with E-state index in [0.29, 0.717) is 31.6 Å². The summed E-state index contributed by atoms with van der Waals surface area (Å²) < 4.78 is 32.7. The highest BCUT2D eigenvalue weighted by Crippen LogP contribution is 2.42. The zero-order valence-corrected chi connectivity index (χ0v) is 12.6.